The number of ether oxygens (including phenoxy) is 1. The predicted octanol–water partition coefficient (Wildman–Crippen LogP) is 0.300. The number of rotatable bonds is 2. The van der Waals surface area contributed by atoms with Crippen LogP contribution < -0.4 is 0 Å². The van der Waals surface area contributed by atoms with Gasteiger partial charge in [0.15, 0.2) is 15.9 Å². The van der Waals surface area contributed by atoms with E-state index in [4.69, 9.17) is 9.84 Å². The third-order valence-electron chi connectivity index (χ3n) is 3.80. The summed E-state index contributed by atoms with van der Waals surface area (Å²) in [5, 5.41) is 9.03. The molecule has 20 heavy (non-hydrogen) atoms. The van der Waals surface area contributed by atoms with E-state index in [1.807, 2.05) is 11.0 Å². The lowest BCUT2D eigenvalue weighted by Crippen LogP contribution is -2.47. The number of fused-ring (bicyclic) bond motifs is 1. The van der Waals surface area contributed by atoms with Gasteiger partial charge in [0.1, 0.15) is 0 Å². The molecule has 2 unspecified atom stereocenters. The van der Waals surface area contributed by atoms with Gasteiger partial charge in [0, 0.05) is 13.1 Å². The maximum absolute atomic E-state index is 12.1. The summed E-state index contributed by atoms with van der Waals surface area (Å²) in [6.45, 7) is 1.05. The van der Waals surface area contributed by atoms with E-state index in [2.05, 4.69) is 0 Å². The van der Waals surface area contributed by atoms with Gasteiger partial charge in [-0.2, -0.15) is 0 Å². The first-order valence-corrected chi connectivity index (χ1v) is 8.04. The molecule has 1 aromatic carbocycles. The zero-order valence-electron chi connectivity index (χ0n) is 10.7. The molecule has 0 bridgehead atoms. The van der Waals surface area contributed by atoms with Gasteiger partial charge in [0.25, 0.3) is 0 Å². The standard InChI is InChI=1S/C13H15NO5S/c15-13(16)11-7-14(5-6-19-11)10-8-20(17,18)12-4-2-1-3-9(10)12/h1-4,10-11H,5-8H2,(H,15,16). The number of nitrogens with zero attached hydrogens (tertiary/aromatic N) is 1. The number of morpholine rings is 1. The van der Waals surface area contributed by atoms with Crippen LogP contribution in [0, 0.1) is 0 Å². The first-order valence-electron chi connectivity index (χ1n) is 6.39. The molecule has 2 aliphatic heterocycles. The first kappa shape index (κ1) is 13.5. The number of carbonyl (C=O) groups is 1. The molecule has 2 aliphatic rings. The average Bonchev–Trinajstić information content (AvgIpc) is 2.72. The summed E-state index contributed by atoms with van der Waals surface area (Å²) in [6, 6.07) is 6.65. The minimum Gasteiger partial charge on any atom is -0.479 e. The molecule has 108 valence electrons. The molecule has 7 heteroatoms. The van der Waals surface area contributed by atoms with Crippen LogP contribution in [0.25, 0.3) is 0 Å². The van der Waals surface area contributed by atoms with Crippen LogP contribution in [0.3, 0.4) is 0 Å². The lowest BCUT2D eigenvalue weighted by Gasteiger charge is -2.35. The first-order chi connectivity index (χ1) is 9.49. The number of aliphatic carboxylic acids is 1. The van der Waals surface area contributed by atoms with Crippen molar-refractivity contribution in [1.82, 2.24) is 4.90 Å². The summed E-state index contributed by atoms with van der Waals surface area (Å²) >= 11 is 0. The van der Waals surface area contributed by atoms with Gasteiger partial charge in [-0.3, -0.25) is 4.90 Å². The highest BCUT2D eigenvalue weighted by Gasteiger charge is 2.40. The van der Waals surface area contributed by atoms with Crippen LogP contribution in [-0.2, 0) is 19.4 Å². The Morgan fingerprint density at radius 1 is 1.35 bits per heavy atom. The highest BCUT2D eigenvalue weighted by atomic mass is 32.2. The topological polar surface area (TPSA) is 83.9 Å². The summed E-state index contributed by atoms with van der Waals surface area (Å²) in [7, 11) is -3.27. The number of hydrogen-bond acceptors (Lipinski definition) is 5. The fourth-order valence-corrected chi connectivity index (χ4v) is 4.66. The van der Waals surface area contributed by atoms with Crippen LogP contribution in [0.4, 0.5) is 0 Å². The van der Waals surface area contributed by atoms with Crippen molar-refractivity contribution >= 4 is 15.8 Å². The van der Waals surface area contributed by atoms with Crippen LogP contribution in [0.1, 0.15) is 11.6 Å². The normalized spacial score (nSPS) is 29.0. The second-order valence-electron chi connectivity index (χ2n) is 5.03. The maximum Gasteiger partial charge on any atom is 0.334 e. The Morgan fingerprint density at radius 2 is 2.10 bits per heavy atom. The van der Waals surface area contributed by atoms with Crippen LogP contribution in [0.5, 0.6) is 0 Å². The highest BCUT2D eigenvalue weighted by Crippen LogP contribution is 2.37. The maximum atomic E-state index is 12.1. The second-order valence-corrected chi connectivity index (χ2v) is 7.03. The van der Waals surface area contributed by atoms with Gasteiger partial charge in [-0.15, -0.1) is 0 Å². The van der Waals surface area contributed by atoms with E-state index in [0.717, 1.165) is 5.56 Å². The number of sulfone groups is 1. The van der Waals surface area contributed by atoms with E-state index in [1.165, 1.54) is 0 Å². The van der Waals surface area contributed by atoms with Crippen molar-refractivity contribution in [1.29, 1.82) is 0 Å². The van der Waals surface area contributed by atoms with E-state index in [1.54, 1.807) is 18.2 Å². The minimum absolute atomic E-state index is 0.0126. The van der Waals surface area contributed by atoms with Gasteiger partial charge in [0.2, 0.25) is 0 Å². The molecule has 2 heterocycles. The van der Waals surface area contributed by atoms with Gasteiger partial charge in [-0.1, -0.05) is 18.2 Å². The monoisotopic (exact) mass is 297 g/mol. The second kappa shape index (κ2) is 4.83. The Labute approximate surface area is 116 Å². The Kier molecular flexibility index (Phi) is 3.27. The van der Waals surface area contributed by atoms with Crippen molar-refractivity contribution in [2.75, 3.05) is 25.4 Å². The number of hydrogen-bond donors (Lipinski definition) is 1. The molecule has 0 radical (unpaired) electrons. The SMILES string of the molecule is O=C(O)C1CN(C2CS(=O)(=O)c3ccccc32)CCO1. The third kappa shape index (κ3) is 2.21. The average molecular weight is 297 g/mol. The molecule has 0 spiro atoms. The van der Waals surface area contributed by atoms with Gasteiger partial charge >= 0.3 is 5.97 Å². The van der Waals surface area contributed by atoms with Crippen molar-refractivity contribution in [3.8, 4) is 0 Å². The molecule has 0 aliphatic carbocycles. The molecule has 3 rings (SSSR count). The van der Waals surface area contributed by atoms with Gasteiger partial charge in [-0.05, 0) is 11.6 Å². The fraction of sp³-hybridized carbons (Fsp3) is 0.462. The molecule has 2 atom stereocenters. The van der Waals surface area contributed by atoms with Gasteiger partial charge in [-0.25, -0.2) is 13.2 Å². The summed E-state index contributed by atoms with van der Waals surface area (Å²) in [4.78, 5) is 13.3. The lowest BCUT2D eigenvalue weighted by molar-refractivity contribution is -0.157. The molecule has 6 nitrogen and oxygen atoms in total. The Bertz CT molecular complexity index is 642. The smallest absolute Gasteiger partial charge is 0.334 e. The molecular formula is C13H15NO5S. The van der Waals surface area contributed by atoms with Crippen LogP contribution in [0.15, 0.2) is 29.2 Å². The van der Waals surface area contributed by atoms with E-state index in [-0.39, 0.29) is 18.3 Å². The summed E-state index contributed by atoms with van der Waals surface area (Å²) < 4.78 is 29.5. The number of carboxylic acid groups (broad SMARTS) is 1. The van der Waals surface area contributed by atoms with Crippen LogP contribution in [-0.4, -0.2) is 55.9 Å². The van der Waals surface area contributed by atoms with E-state index in [0.29, 0.717) is 18.0 Å². The van der Waals surface area contributed by atoms with Crippen molar-refractivity contribution in [3.63, 3.8) is 0 Å². The molecule has 0 amide bonds. The predicted molar refractivity (Wildman–Crippen MR) is 70.2 cm³/mol. The molecule has 1 aromatic rings. The Hall–Kier alpha value is -1.44. The number of carboxylic acids is 1. The quantitative estimate of drug-likeness (QED) is 0.845. The summed E-state index contributed by atoms with van der Waals surface area (Å²) in [5.41, 5.74) is 0.763. The fourth-order valence-electron chi connectivity index (χ4n) is 2.83. The largest absolute Gasteiger partial charge is 0.479 e. The molecule has 1 N–H and O–H groups in total. The zero-order valence-corrected chi connectivity index (χ0v) is 11.5. The number of benzene rings is 1. The van der Waals surface area contributed by atoms with E-state index in [9.17, 15) is 13.2 Å². The third-order valence-corrected chi connectivity index (χ3v) is 5.60. The molecule has 0 saturated carbocycles. The van der Waals surface area contributed by atoms with Crippen molar-refractivity contribution < 1.29 is 23.1 Å². The molecule has 1 fully saturated rings. The van der Waals surface area contributed by atoms with Crippen molar-refractivity contribution in [2.45, 2.75) is 17.0 Å². The van der Waals surface area contributed by atoms with Crippen LogP contribution >= 0.6 is 0 Å². The summed E-state index contributed by atoms with van der Waals surface area (Å²) in [5.74, 6) is -0.998. The van der Waals surface area contributed by atoms with Gasteiger partial charge in [0.05, 0.1) is 23.3 Å². The molecule has 0 aromatic heterocycles. The summed E-state index contributed by atoms with van der Waals surface area (Å²) in [6.07, 6.45) is -0.890. The van der Waals surface area contributed by atoms with Crippen LogP contribution in [0.2, 0.25) is 0 Å². The zero-order chi connectivity index (χ0) is 14.3. The molecule has 1 saturated heterocycles. The van der Waals surface area contributed by atoms with E-state index >= 15 is 0 Å². The van der Waals surface area contributed by atoms with Gasteiger partial charge < -0.3 is 9.84 Å². The molecular weight excluding hydrogens is 282 g/mol. The lowest BCUT2D eigenvalue weighted by atomic mass is 10.1. The Balaban J connectivity index is 1.91. The van der Waals surface area contributed by atoms with Crippen molar-refractivity contribution in [2.24, 2.45) is 0 Å². The Morgan fingerprint density at radius 3 is 2.85 bits per heavy atom. The van der Waals surface area contributed by atoms with E-state index < -0.39 is 21.9 Å². The minimum atomic E-state index is -3.27. The highest BCUT2D eigenvalue weighted by molar-refractivity contribution is 7.91. The van der Waals surface area contributed by atoms with Crippen molar-refractivity contribution in [3.05, 3.63) is 29.8 Å².